The van der Waals surface area contributed by atoms with Gasteiger partial charge in [0.1, 0.15) is 0 Å². The molecule has 0 saturated carbocycles. The molecule has 2 aromatic rings. The van der Waals surface area contributed by atoms with Crippen LogP contribution >= 0.6 is 12.6 Å². The second-order valence-electron chi connectivity index (χ2n) is 4.60. The smallest absolute Gasteiger partial charge is 0.0179 e. The molecule has 0 aliphatic carbocycles. The van der Waals surface area contributed by atoms with Crippen LogP contribution in [0.4, 0.5) is 0 Å². The van der Waals surface area contributed by atoms with Gasteiger partial charge < -0.3 is 0 Å². The summed E-state index contributed by atoms with van der Waals surface area (Å²) in [5, 5.41) is 0. The summed E-state index contributed by atoms with van der Waals surface area (Å²) in [5.41, 5.74) is 8.07. The molecular formula is C17H22S. The van der Waals surface area contributed by atoms with Crippen LogP contribution in [0.5, 0.6) is 0 Å². The molecule has 0 unspecified atom stereocenters. The maximum absolute atomic E-state index is 3.53. The van der Waals surface area contributed by atoms with Gasteiger partial charge in [0, 0.05) is 0 Å². The van der Waals surface area contributed by atoms with Crippen LogP contribution in [0.3, 0.4) is 0 Å². The number of aryl methyl sites for hydroxylation is 3. The lowest BCUT2D eigenvalue weighted by atomic mass is 9.96. The van der Waals surface area contributed by atoms with Crippen molar-refractivity contribution in [3.63, 3.8) is 0 Å². The fourth-order valence-corrected chi connectivity index (χ4v) is 1.95. The van der Waals surface area contributed by atoms with Crippen molar-refractivity contribution in [2.24, 2.45) is 0 Å². The monoisotopic (exact) mass is 258 g/mol. The van der Waals surface area contributed by atoms with Crippen molar-refractivity contribution in [3.8, 4) is 11.1 Å². The fourth-order valence-electron chi connectivity index (χ4n) is 1.95. The van der Waals surface area contributed by atoms with E-state index in [-0.39, 0.29) is 0 Å². The fraction of sp³-hybridized carbons (Fsp3) is 0.294. The van der Waals surface area contributed by atoms with Gasteiger partial charge in [-0.25, -0.2) is 0 Å². The van der Waals surface area contributed by atoms with E-state index in [1.54, 1.807) is 6.26 Å². The van der Waals surface area contributed by atoms with Crippen LogP contribution in [-0.2, 0) is 0 Å². The van der Waals surface area contributed by atoms with Gasteiger partial charge in [-0.15, -0.1) is 0 Å². The minimum Gasteiger partial charge on any atom is -0.183 e. The highest BCUT2D eigenvalue weighted by atomic mass is 32.1. The SMILES string of the molecule is CS.Cc1ccc(-c2cc(C)c(C)c(C)c2)cc1. The highest BCUT2D eigenvalue weighted by molar-refractivity contribution is 7.79. The Kier molecular flexibility index (Phi) is 5.49. The maximum Gasteiger partial charge on any atom is -0.0179 e. The van der Waals surface area contributed by atoms with Crippen molar-refractivity contribution in [1.29, 1.82) is 0 Å². The summed E-state index contributed by atoms with van der Waals surface area (Å²) in [7, 11) is 0. The van der Waals surface area contributed by atoms with Crippen molar-refractivity contribution < 1.29 is 0 Å². The second kappa shape index (κ2) is 6.65. The minimum atomic E-state index is 1.30. The van der Waals surface area contributed by atoms with E-state index in [2.05, 4.69) is 76.7 Å². The molecule has 1 heteroatoms. The third kappa shape index (κ3) is 3.39. The molecule has 0 amide bonds. The van der Waals surface area contributed by atoms with Crippen LogP contribution < -0.4 is 0 Å². The van der Waals surface area contributed by atoms with Crippen molar-refractivity contribution >= 4 is 12.6 Å². The van der Waals surface area contributed by atoms with Gasteiger partial charge in [-0.1, -0.05) is 42.0 Å². The van der Waals surface area contributed by atoms with E-state index in [9.17, 15) is 0 Å². The summed E-state index contributed by atoms with van der Waals surface area (Å²) in [6.45, 7) is 8.67. The van der Waals surface area contributed by atoms with Crippen LogP contribution in [0.15, 0.2) is 36.4 Å². The number of benzene rings is 2. The summed E-state index contributed by atoms with van der Waals surface area (Å²) in [6, 6.07) is 13.3. The first kappa shape index (κ1) is 14.8. The summed E-state index contributed by atoms with van der Waals surface area (Å²) in [6.07, 6.45) is 1.69. The summed E-state index contributed by atoms with van der Waals surface area (Å²) in [5.74, 6) is 0. The Bertz CT molecular complexity index is 487. The molecule has 0 spiro atoms. The molecule has 0 nitrogen and oxygen atoms in total. The van der Waals surface area contributed by atoms with Crippen LogP contribution in [-0.4, -0.2) is 6.26 Å². The molecule has 0 atom stereocenters. The first-order chi connectivity index (χ1) is 8.58. The Morgan fingerprint density at radius 3 is 1.56 bits per heavy atom. The molecule has 0 N–H and O–H groups in total. The van der Waals surface area contributed by atoms with Crippen LogP contribution in [0.2, 0.25) is 0 Å². The van der Waals surface area contributed by atoms with Gasteiger partial charge in [0.2, 0.25) is 0 Å². The van der Waals surface area contributed by atoms with Crippen molar-refractivity contribution in [1.82, 2.24) is 0 Å². The predicted molar refractivity (Wildman–Crippen MR) is 85.7 cm³/mol. The lowest BCUT2D eigenvalue weighted by Gasteiger charge is -2.09. The van der Waals surface area contributed by atoms with E-state index >= 15 is 0 Å². The van der Waals surface area contributed by atoms with Crippen LogP contribution in [0.1, 0.15) is 22.3 Å². The number of thiol groups is 1. The Balaban J connectivity index is 0.000000771. The average molecular weight is 258 g/mol. The van der Waals surface area contributed by atoms with E-state index in [0.717, 1.165) is 0 Å². The van der Waals surface area contributed by atoms with Crippen molar-refractivity contribution in [2.75, 3.05) is 6.26 Å². The van der Waals surface area contributed by atoms with Crippen molar-refractivity contribution in [2.45, 2.75) is 27.7 Å². The van der Waals surface area contributed by atoms with Gasteiger partial charge >= 0.3 is 0 Å². The van der Waals surface area contributed by atoms with Gasteiger partial charge in [0.15, 0.2) is 0 Å². The van der Waals surface area contributed by atoms with Gasteiger partial charge in [-0.3, -0.25) is 0 Å². The third-order valence-electron chi connectivity index (χ3n) is 3.31. The van der Waals surface area contributed by atoms with E-state index < -0.39 is 0 Å². The summed E-state index contributed by atoms with van der Waals surface area (Å²) < 4.78 is 0. The summed E-state index contributed by atoms with van der Waals surface area (Å²) >= 11 is 3.53. The quantitative estimate of drug-likeness (QED) is 0.673. The minimum absolute atomic E-state index is 1.30. The van der Waals surface area contributed by atoms with E-state index in [1.165, 1.54) is 33.4 Å². The Hall–Kier alpha value is -1.21. The molecule has 0 bridgehead atoms. The lowest BCUT2D eigenvalue weighted by Crippen LogP contribution is -1.88. The Labute approximate surface area is 116 Å². The maximum atomic E-state index is 3.53. The highest BCUT2D eigenvalue weighted by Crippen LogP contribution is 2.24. The van der Waals surface area contributed by atoms with E-state index in [1.807, 2.05) is 0 Å². The van der Waals surface area contributed by atoms with Gasteiger partial charge in [-0.2, -0.15) is 12.6 Å². The largest absolute Gasteiger partial charge is 0.183 e. The lowest BCUT2D eigenvalue weighted by molar-refractivity contribution is 1.27. The number of hydrogen-bond acceptors (Lipinski definition) is 1. The normalized spacial score (nSPS) is 9.67. The second-order valence-corrected chi connectivity index (χ2v) is 4.60. The van der Waals surface area contributed by atoms with Crippen LogP contribution in [0, 0.1) is 27.7 Å². The van der Waals surface area contributed by atoms with Crippen LogP contribution in [0.25, 0.3) is 11.1 Å². The standard InChI is InChI=1S/C16H18.CH4S/c1-11-5-7-15(8-6-11)16-9-12(2)14(4)13(3)10-16;1-2/h5-10H,1-4H3;2H,1H3. The zero-order valence-electron chi connectivity index (χ0n) is 11.9. The first-order valence-corrected chi connectivity index (χ1v) is 7.07. The molecular weight excluding hydrogens is 236 g/mol. The van der Waals surface area contributed by atoms with Crippen molar-refractivity contribution in [3.05, 3.63) is 58.7 Å². The third-order valence-corrected chi connectivity index (χ3v) is 3.31. The molecule has 18 heavy (non-hydrogen) atoms. The van der Waals surface area contributed by atoms with E-state index in [0.29, 0.717) is 0 Å². The number of hydrogen-bond donors (Lipinski definition) is 1. The molecule has 0 saturated heterocycles. The zero-order valence-corrected chi connectivity index (χ0v) is 12.8. The zero-order chi connectivity index (χ0) is 13.7. The van der Waals surface area contributed by atoms with E-state index in [4.69, 9.17) is 0 Å². The van der Waals surface area contributed by atoms with Gasteiger partial charge in [-0.05, 0) is 61.8 Å². The molecule has 0 heterocycles. The molecule has 96 valence electrons. The topological polar surface area (TPSA) is 0 Å². The molecule has 2 rings (SSSR count). The highest BCUT2D eigenvalue weighted by Gasteiger charge is 2.02. The van der Waals surface area contributed by atoms with Gasteiger partial charge in [0.25, 0.3) is 0 Å². The Morgan fingerprint density at radius 1 is 0.667 bits per heavy atom. The number of rotatable bonds is 1. The average Bonchev–Trinajstić information content (AvgIpc) is 2.38. The van der Waals surface area contributed by atoms with Gasteiger partial charge in [0.05, 0.1) is 0 Å². The molecule has 2 aromatic carbocycles. The molecule has 0 radical (unpaired) electrons. The summed E-state index contributed by atoms with van der Waals surface area (Å²) in [4.78, 5) is 0. The molecule has 0 aromatic heterocycles. The Morgan fingerprint density at radius 2 is 1.11 bits per heavy atom. The first-order valence-electron chi connectivity index (χ1n) is 6.17. The molecule has 0 fully saturated rings. The predicted octanol–water partition coefficient (Wildman–Crippen LogP) is 5.13. The molecule has 0 aliphatic rings. The molecule has 0 aliphatic heterocycles.